The number of ether oxygens (including phenoxy) is 2. The van der Waals surface area contributed by atoms with Gasteiger partial charge >= 0.3 is 5.97 Å². The number of esters is 1. The molecule has 0 amide bonds. The molecule has 0 N–H and O–H groups in total. The topological polar surface area (TPSA) is 35.5 Å². The van der Waals surface area contributed by atoms with Gasteiger partial charge in [-0.2, -0.15) is 0 Å². The number of unbranched alkanes of at least 4 members (excludes halogenated alkanes) is 21. The average Bonchev–Trinajstić information content (AvgIpc) is 2.97. The summed E-state index contributed by atoms with van der Waals surface area (Å²) in [5.74, 6) is -0.0557. The van der Waals surface area contributed by atoms with E-state index in [1.165, 1.54) is 154 Å². The van der Waals surface area contributed by atoms with E-state index in [0.29, 0.717) is 19.6 Å². The van der Waals surface area contributed by atoms with E-state index in [0.717, 1.165) is 30.5 Å². The maximum atomic E-state index is 12.0. The third-order valence-corrected chi connectivity index (χ3v) is 9.01. The fourth-order valence-electron chi connectivity index (χ4n) is 5.84. The molecule has 0 aromatic carbocycles. The lowest BCUT2D eigenvalue weighted by Gasteiger charge is -2.37. The fraction of sp³-hybridized carbons (Fsp3) is 0.972. The van der Waals surface area contributed by atoms with Crippen LogP contribution in [0.25, 0.3) is 0 Å². The van der Waals surface area contributed by atoms with Crippen LogP contribution in [-0.2, 0) is 14.3 Å². The van der Waals surface area contributed by atoms with E-state index in [9.17, 15) is 4.79 Å². The first kappa shape index (κ1) is 39.4. The molecule has 0 unspecified atom stereocenters. The van der Waals surface area contributed by atoms with Crippen LogP contribution >= 0.6 is 0 Å². The Morgan fingerprint density at radius 1 is 0.450 bits per heavy atom. The van der Waals surface area contributed by atoms with Gasteiger partial charge in [-0.1, -0.05) is 142 Å². The van der Waals surface area contributed by atoms with Crippen LogP contribution in [0.1, 0.15) is 182 Å². The normalized spacial score (nSPS) is 11.8. The molecule has 0 heterocycles. The summed E-state index contributed by atoms with van der Waals surface area (Å²) in [7, 11) is 0. The minimum Gasteiger partial charge on any atom is -0.463 e. The van der Waals surface area contributed by atoms with Crippen LogP contribution < -0.4 is 0 Å². The summed E-state index contributed by atoms with van der Waals surface area (Å²) in [6, 6.07) is 0. The molecule has 0 aliphatic rings. The molecule has 0 saturated heterocycles. The zero-order valence-electron chi connectivity index (χ0n) is 28.1. The Labute approximate surface area is 252 Å². The highest BCUT2D eigenvalue weighted by molar-refractivity contribution is 5.69. The second-order valence-corrected chi connectivity index (χ2v) is 12.4. The summed E-state index contributed by atoms with van der Waals surface area (Å²) in [4.78, 5) is 12.0. The Bertz CT molecular complexity index is 506. The highest BCUT2D eigenvalue weighted by Gasteiger charge is 2.22. The highest BCUT2D eigenvalue weighted by Crippen LogP contribution is 2.15. The molecular formula is C36H74NO3+. The van der Waals surface area contributed by atoms with Gasteiger partial charge in [0, 0.05) is 6.42 Å². The number of carbonyl (C=O) groups is 1. The Morgan fingerprint density at radius 2 is 0.850 bits per heavy atom. The molecule has 0 aromatic rings. The molecule has 0 aliphatic heterocycles. The van der Waals surface area contributed by atoms with E-state index < -0.39 is 0 Å². The molecule has 0 saturated carbocycles. The van der Waals surface area contributed by atoms with Gasteiger partial charge in [0.25, 0.3) is 0 Å². The van der Waals surface area contributed by atoms with Crippen molar-refractivity contribution in [3.05, 3.63) is 0 Å². The summed E-state index contributed by atoms with van der Waals surface area (Å²) in [6.07, 6.45) is 31.7. The molecule has 0 rings (SSSR count). The molecule has 0 spiro atoms. The first-order chi connectivity index (χ1) is 19.6. The number of quaternary nitrogens is 1. The summed E-state index contributed by atoms with van der Waals surface area (Å²) in [5.41, 5.74) is 0. The van der Waals surface area contributed by atoms with Crippen molar-refractivity contribution in [2.75, 3.05) is 46.0 Å². The van der Waals surface area contributed by atoms with Crippen molar-refractivity contribution in [2.24, 2.45) is 0 Å². The van der Waals surface area contributed by atoms with Crippen LogP contribution in [0.2, 0.25) is 0 Å². The molecule has 0 bridgehead atoms. The predicted molar refractivity (Wildman–Crippen MR) is 175 cm³/mol. The van der Waals surface area contributed by atoms with Gasteiger partial charge in [-0.25, -0.2) is 0 Å². The molecule has 40 heavy (non-hydrogen) atoms. The molecule has 0 atom stereocenters. The van der Waals surface area contributed by atoms with Crippen LogP contribution in [0.4, 0.5) is 0 Å². The van der Waals surface area contributed by atoms with Gasteiger partial charge in [0.2, 0.25) is 0 Å². The molecule has 4 nitrogen and oxygen atoms in total. The minimum absolute atomic E-state index is 0.0557. The summed E-state index contributed by atoms with van der Waals surface area (Å²) in [5, 5.41) is 0. The SMILES string of the molecule is CCCCCCCCCCCCCCCC(=O)OCCOCC[N+](CC)(CC)CCCCCCCCCCCC. The maximum Gasteiger partial charge on any atom is 0.305 e. The third kappa shape index (κ3) is 26.3. The molecule has 0 aromatic heterocycles. The van der Waals surface area contributed by atoms with E-state index in [-0.39, 0.29) is 5.97 Å². The van der Waals surface area contributed by atoms with Crippen LogP contribution in [0.3, 0.4) is 0 Å². The number of nitrogens with zero attached hydrogens (tertiary/aromatic N) is 1. The van der Waals surface area contributed by atoms with E-state index in [1.807, 2.05) is 0 Å². The lowest BCUT2D eigenvalue weighted by atomic mass is 10.0. The fourth-order valence-corrected chi connectivity index (χ4v) is 5.84. The number of likely N-dealkylation sites (N-methyl/N-ethyl adjacent to an activating group) is 1. The van der Waals surface area contributed by atoms with Crippen molar-refractivity contribution < 1.29 is 18.8 Å². The average molecular weight is 569 g/mol. The Morgan fingerprint density at radius 3 is 1.27 bits per heavy atom. The molecule has 0 fully saturated rings. The van der Waals surface area contributed by atoms with Gasteiger partial charge in [0.05, 0.1) is 32.8 Å². The second-order valence-electron chi connectivity index (χ2n) is 12.4. The van der Waals surface area contributed by atoms with E-state index >= 15 is 0 Å². The largest absolute Gasteiger partial charge is 0.463 e. The summed E-state index contributed by atoms with van der Waals surface area (Å²) >= 11 is 0. The predicted octanol–water partition coefficient (Wildman–Crippen LogP) is 10.8. The lowest BCUT2D eigenvalue weighted by molar-refractivity contribution is -0.925. The number of hydrogen-bond donors (Lipinski definition) is 0. The van der Waals surface area contributed by atoms with Gasteiger partial charge in [0.15, 0.2) is 0 Å². The molecular weight excluding hydrogens is 494 g/mol. The summed E-state index contributed by atoms with van der Waals surface area (Å²) in [6.45, 7) is 15.6. The van der Waals surface area contributed by atoms with Crippen molar-refractivity contribution in [2.45, 2.75) is 182 Å². The maximum absolute atomic E-state index is 12.0. The minimum atomic E-state index is -0.0557. The second kappa shape index (κ2) is 31.3. The van der Waals surface area contributed by atoms with Gasteiger partial charge in [-0.3, -0.25) is 4.79 Å². The quantitative estimate of drug-likeness (QED) is 0.0448. The monoisotopic (exact) mass is 569 g/mol. The summed E-state index contributed by atoms with van der Waals surface area (Å²) < 4.78 is 12.4. The van der Waals surface area contributed by atoms with Crippen LogP contribution in [0.5, 0.6) is 0 Å². The van der Waals surface area contributed by atoms with Crippen LogP contribution in [-0.4, -0.2) is 56.5 Å². The Balaban J connectivity index is 3.60. The zero-order chi connectivity index (χ0) is 29.4. The van der Waals surface area contributed by atoms with E-state index in [4.69, 9.17) is 9.47 Å². The molecule has 0 radical (unpaired) electrons. The number of rotatable bonds is 33. The highest BCUT2D eigenvalue weighted by atomic mass is 16.6. The van der Waals surface area contributed by atoms with Crippen molar-refractivity contribution >= 4 is 5.97 Å². The first-order valence-electron chi connectivity index (χ1n) is 18.2. The van der Waals surface area contributed by atoms with Crippen LogP contribution in [0.15, 0.2) is 0 Å². The van der Waals surface area contributed by atoms with E-state index in [2.05, 4.69) is 27.7 Å². The molecule has 240 valence electrons. The van der Waals surface area contributed by atoms with Crippen molar-refractivity contribution in [3.63, 3.8) is 0 Å². The van der Waals surface area contributed by atoms with Crippen molar-refractivity contribution in [3.8, 4) is 0 Å². The molecule has 4 heteroatoms. The Hall–Kier alpha value is -0.610. The molecule has 0 aliphatic carbocycles. The van der Waals surface area contributed by atoms with Crippen LogP contribution in [0, 0.1) is 0 Å². The Kier molecular flexibility index (Phi) is 30.9. The lowest BCUT2D eigenvalue weighted by Crippen LogP contribution is -2.50. The zero-order valence-corrected chi connectivity index (χ0v) is 28.1. The standard InChI is InChI=1S/C36H74NO3/c1-5-9-11-13-15-17-19-20-21-22-24-26-28-30-36(38)40-35-34-39-33-32-37(7-3,8-4)31-29-27-25-23-18-16-14-12-10-6-2/h5-35H2,1-4H3/q+1. The van der Waals surface area contributed by atoms with Crippen molar-refractivity contribution in [1.82, 2.24) is 0 Å². The van der Waals surface area contributed by atoms with Gasteiger partial charge in [-0.05, 0) is 33.1 Å². The van der Waals surface area contributed by atoms with E-state index in [1.54, 1.807) is 0 Å². The first-order valence-corrected chi connectivity index (χ1v) is 18.2. The number of carbonyl (C=O) groups excluding carboxylic acids is 1. The van der Waals surface area contributed by atoms with Gasteiger partial charge in [0.1, 0.15) is 13.2 Å². The smallest absolute Gasteiger partial charge is 0.305 e. The van der Waals surface area contributed by atoms with Crippen molar-refractivity contribution in [1.29, 1.82) is 0 Å². The van der Waals surface area contributed by atoms with Gasteiger partial charge < -0.3 is 14.0 Å². The third-order valence-electron chi connectivity index (χ3n) is 9.01. The number of hydrogen-bond acceptors (Lipinski definition) is 3. The van der Waals surface area contributed by atoms with Gasteiger partial charge in [-0.15, -0.1) is 0 Å².